The molecule has 1 aliphatic heterocycles. The van der Waals surface area contributed by atoms with Gasteiger partial charge in [-0.25, -0.2) is 4.68 Å². The quantitative estimate of drug-likeness (QED) is 0.769. The summed E-state index contributed by atoms with van der Waals surface area (Å²) in [6.45, 7) is 1.93. The summed E-state index contributed by atoms with van der Waals surface area (Å²) in [5.74, 6) is 2.39. The summed E-state index contributed by atoms with van der Waals surface area (Å²) in [7, 11) is 0. The second-order valence-corrected chi connectivity index (χ2v) is 4.58. The topological polar surface area (TPSA) is 56.7 Å². The van der Waals surface area contributed by atoms with Crippen molar-refractivity contribution in [2.75, 3.05) is 11.5 Å². The number of nitrogens with zero attached hydrogens (tertiary/aromatic N) is 3. The molecular weight excluding hydrogens is 184 g/mol. The summed E-state index contributed by atoms with van der Waals surface area (Å²) >= 11 is 1.97. The lowest BCUT2D eigenvalue weighted by atomic mass is 10.2. The minimum atomic E-state index is -0.0113. The van der Waals surface area contributed by atoms with Crippen LogP contribution in [0.25, 0.3) is 0 Å². The Labute approximate surface area is 81.9 Å². The van der Waals surface area contributed by atoms with Gasteiger partial charge in [0.05, 0.1) is 17.9 Å². The van der Waals surface area contributed by atoms with Crippen LogP contribution in [0.5, 0.6) is 0 Å². The van der Waals surface area contributed by atoms with Gasteiger partial charge in [0, 0.05) is 11.8 Å². The van der Waals surface area contributed by atoms with Gasteiger partial charge < -0.3 is 5.73 Å². The fourth-order valence-corrected chi connectivity index (χ4v) is 2.61. The summed E-state index contributed by atoms with van der Waals surface area (Å²) in [4.78, 5) is 0. The van der Waals surface area contributed by atoms with E-state index in [4.69, 9.17) is 5.73 Å². The summed E-state index contributed by atoms with van der Waals surface area (Å²) in [5.41, 5.74) is 6.59. The first-order valence-corrected chi connectivity index (χ1v) is 5.68. The Hall–Kier alpha value is -0.550. The number of aromatic nitrogens is 3. The molecule has 1 aromatic rings. The molecule has 0 aliphatic carbocycles. The molecule has 72 valence electrons. The average Bonchev–Trinajstić information content (AvgIpc) is 2.75. The number of nitrogens with two attached hydrogens (primary N) is 1. The van der Waals surface area contributed by atoms with E-state index < -0.39 is 0 Å². The molecule has 1 fully saturated rings. The molecule has 2 atom stereocenters. The van der Waals surface area contributed by atoms with Crippen LogP contribution in [0.1, 0.15) is 31.1 Å². The van der Waals surface area contributed by atoms with Gasteiger partial charge in [-0.15, -0.1) is 5.10 Å². The highest BCUT2D eigenvalue weighted by Gasteiger charge is 2.19. The molecular formula is C8H14N4S. The van der Waals surface area contributed by atoms with Gasteiger partial charge in [-0.3, -0.25) is 0 Å². The molecule has 0 radical (unpaired) electrons. The van der Waals surface area contributed by atoms with Gasteiger partial charge in [0.15, 0.2) is 0 Å². The normalized spacial score (nSPS) is 24.9. The Bertz CT molecular complexity index is 277. The van der Waals surface area contributed by atoms with Gasteiger partial charge in [0.25, 0.3) is 0 Å². The molecule has 5 heteroatoms. The lowest BCUT2D eigenvalue weighted by molar-refractivity contribution is 0.486. The molecule has 1 aliphatic rings. The van der Waals surface area contributed by atoms with Crippen LogP contribution in [0.15, 0.2) is 6.20 Å². The van der Waals surface area contributed by atoms with E-state index in [0.717, 1.165) is 11.4 Å². The van der Waals surface area contributed by atoms with Gasteiger partial charge >= 0.3 is 0 Å². The Kier molecular flexibility index (Phi) is 2.55. The third-order valence-corrected chi connectivity index (χ3v) is 3.42. The molecule has 2 heterocycles. The van der Waals surface area contributed by atoms with Crippen LogP contribution in [-0.2, 0) is 0 Å². The van der Waals surface area contributed by atoms with Crippen LogP contribution in [0.4, 0.5) is 0 Å². The first-order valence-electron chi connectivity index (χ1n) is 4.52. The number of rotatable bonds is 2. The Morgan fingerprint density at radius 2 is 2.62 bits per heavy atom. The Balaban J connectivity index is 2.12. The van der Waals surface area contributed by atoms with E-state index in [1.165, 1.54) is 12.2 Å². The molecule has 1 unspecified atom stereocenters. The Morgan fingerprint density at radius 1 is 1.77 bits per heavy atom. The van der Waals surface area contributed by atoms with E-state index in [1.54, 1.807) is 0 Å². The average molecular weight is 198 g/mol. The van der Waals surface area contributed by atoms with Crippen LogP contribution in [0.2, 0.25) is 0 Å². The summed E-state index contributed by atoms with van der Waals surface area (Å²) in [5, 5.41) is 8.13. The minimum Gasteiger partial charge on any atom is -0.323 e. The number of hydrogen-bond donors (Lipinski definition) is 1. The summed E-state index contributed by atoms with van der Waals surface area (Å²) in [6.07, 6.45) is 3.17. The standard InChI is InChI=1S/C8H14N4S/c1-6(9)8-4-12(11-10-8)7-2-3-13-5-7/h4,6-7H,2-3,5,9H2,1H3/t6-,7?/m0/s1. The lowest BCUT2D eigenvalue weighted by Crippen LogP contribution is -2.08. The third-order valence-electron chi connectivity index (χ3n) is 2.27. The zero-order chi connectivity index (χ0) is 9.26. The van der Waals surface area contributed by atoms with E-state index in [2.05, 4.69) is 10.3 Å². The molecule has 0 bridgehead atoms. The highest BCUT2D eigenvalue weighted by atomic mass is 32.2. The van der Waals surface area contributed by atoms with Crippen LogP contribution in [0.3, 0.4) is 0 Å². The van der Waals surface area contributed by atoms with Gasteiger partial charge in [0.1, 0.15) is 0 Å². The number of hydrogen-bond acceptors (Lipinski definition) is 4. The van der Waals surface area contributed by atoms with E-state index in [1.807, 2.05) is 29.6 Å². The molecule has 0 saturated carbocycles. The molecule has 0 spiro atoms. The molecule has 2 N–H and O–H groups in total. The Morgan fingerprint density at radius 3 is 3.15 bits per heavy atom. The highest BCUT2D eigenvalue weighted by molar-refractivity contribution is 7.99. The van der Waals surface area contributed by atoms with Gasteiger partial charge in [-0.05, 0) is 19.1 Å². The maximum absolute atomic E-state index is 5.70. The van der Waals surface area contributed by atoms with Gasteiger partial charge in [-0.1, -0.05) is 5.21 Å². The van der Waals surface area contributed by atoms with Crippen molar-refractivity contribution in [3.63, 3.8) is 0 Å². The SMILES string of the molecule is C[C@H](N)c1cn(C2CCSC2)nn1. The zero-order valence-corrected chi connectivity index (χ0v) is 8.50. The second kappa shape index (κ2) is 3.67. The fourth-order valence-electron chi connectivity index (χ4n) is 1.41. The number of thioether (sulfide) groups is 1. The van der Waals surface area contributed by atoms with Crippen molar-refractivity contribution in [3.05, 3.63) is 11.9 Å². The van der Waals surface area contributed by atoms with Crippen LogP contribution in [-0.4, -0.2) is 26.5 Å². The van der Waals surface area contributed by atoms with Crippen LogP contribution < -0.4 is 5.73 Å². The van der Waals surface area contributed by atoms with Crippen molar-refractivity contribution in [1.29, 1.82) is 0 Å². The van der Waals surface area contributed by atoms with Gasteiger partial charge in [0.2, 0.25) is 0 Å². The molecule has 1 aromatic heterocycles. The maximum atomic E-state index is 5.70. The maximum Gasteiger partial charge on any atom is 0.0991 e. The van der Waals surface area contributed by atoms with Crippen molar-refractivity contribution in [3.8, 4) is 0 Å². The van der Waals surface area contributed by atoms with E-state index in [-0.39, 0.29) is 6.04 Å². The molecule has 13 heavy (non-hydrogen) atoms. The first-order chi connectivity index (χ1) is 6.27. The molecule has 0 aromatic carbocycles. The van der Waals surface area contributed by atoms with Crippen molar-refractivity contribution in [1.82, 2.24) is 15.0 Å². The van der Waals surface area contributed by atoms with Crippen molar-refractivity contribution in [2.45, 2.75) is 25.4 Å². The highest BCUT2D eigenvalue weighted by Crippen LogP contribution is 2.27. The van der Waals surface area contributed by atoms with E-state index in [0.29, 0.717) is 6.04 Å². The van der Waals surface area contributed by atoms with Crippen LogP contribution in [0, 0.1) is 0 Å². The minimum absolute atomic E-state index is 0.0113. The molecule has 4 nitrogen and oxygen atoms in total. The predicted molar refractivity (Wildman–Crippen MR) is 53.6 cm³/mol. The smallest absolute Gasteiger partial charge is 0.0991 e. The predicted octanol–water partition coefficient (Wildman–Crippen LogP) is 0.976. The second-order valence-electron chi connectivity index (χ2n) is 3.43. The molecule has 1 saturated heterocycles. The van der Waals surface area contributed by atoms with Crippen molar-refractivity contribution < 1.29 is 0 Å². The molecule has 0 amide bonds. The van der Waals surface area contributed by atoms with Crippen molar-refractivity contribution >= 4 is 11.8 Å². The largest absolute Gasteiger partial charge is 0.323 e. The zero-order valence-electron chi connectivity index (χ0n) is 7.68. The fraction of sp³-hybridized carbons (Fsp3) is 0.750. The molecule has 2 rings (SSSR count). The van der Waals surface area contributed by atoms with E-state index in [9.17, 15) is 0 Å². The van der Waals surface area contributed by atoms with Crippen LogP contribution >= 0.6 is 11.8 Å². The van der Waals surface area contributed by atoms with Gasteiger partial charge in [-0.2, -0.15) is 11.8 Å². The summed E-state index contributed by atoms with van der Waals surface area (Å²) < 4.78 is 1.96. The lowest BCUT2D eigenvalue weighted by Gasteiger charge is -2.06. The third kappa shape index (κ3) is 1.86. The van der Waals surface area contributed by atoms with Crippen molar-refractivity contribution in [2.24, 2.45) is 5.73 Å². The summed E-state index contributed by atoms with van der Waals surface area (Å²) in [6, 6.07) is 0.521. The monoisotopic (exact) mass is 198 g/mol. The first kappa shape index (κ1) is 9.02. The van der Waals surface area contributed by atoms with E-state index >= 15 is 0 Å².